The third-order valence-electron chi connectivity index (χ3n) is 7.04. The second kappa shape index (κ2) is 12.7. The van der Waals surface area contributed by atoms with Gasteiger partial charge in [0.1, 0.15) is 29.2 Å². The van der Waals surface area contributed by atoms with E-state index < -0.39 is 27.9 Å². The number of nitrogens with zero attached hydrogens (tertiary/aromatic N) is 2. The van der Waals surface area contributed by atoms with Gasteiger partial charge in [-0.2, -0.15) is 0 Å². The van der Waals surface area contributed by atoms with Crippen LogP contribution in [-0.2, 0) is 19.6 Å². The van der Waals surface area contributed by atoms with Crippen molar-refractivity contribution in [3.8, 4) is 11.6 Å². The van der Waals surface area contributed by atoms with E-state index >= 15 is 0 Å². The van der Waals surface area contributed by atoms with Crippen molar-refractivity contribution >= 4 is 45.4 Å². The number of esters is 1. The summed E-state index contributed by atoms with van der Waals surface area (Å²) in [4.78, 5) is 16.0. The number of pyridine rings is 1. The highest BCUT2D eigenvalue weighted by molar-refractivity contribution is 7.93. The minimum absolute atomic E-state index is 0.0399. The van der Waals surface area contributed by atoms with Crippen LogP contribution < -0.4 is 13.8 Å². The van der Waals surface area contributed by atoms with Gasteiger partial charge >= 0.3 is 5.97 Å². The number of fused-ring (bicyclic) bond motifs is 1. The Bertz CT molecular complexity index is 1590. The van der Waals surface area contributed by atoms with E-state index in [9.17, 15) is 22.7 Å². The van der Waals surface area contributed by atoms with Crippen LogP contribution in [0.25, 0.3) is 12.2 Å². The largest absolute Gasteiger partial charge is 0.486 e. The molecule has 2 aliphatic rings. The number of rotatable bonds is 11. The fraction of sp³-hybridized carbons (Fsp3) is 0.333. The second-order valence-electron chi connectivity index (χ2n) is 10.0. The van der Waals surface area contributed by atoms with Crippen LogP contribution in [-0.4, -0.2) is 57.4 Å². The number of hydrogen-bond acceptors (Lipinski definition) is 8. The number of aliphatic hydroxyl groups is 1. The zero-order valence-corrected chi connectivity index (χ0v) is 24.4. The first-order valence-corrected chi connectivity index (χ1v) is 15.3. The van der Waals surface area contributed by atoms with Crippen LogP contribution in [0.1, 0.15) is 48.3 Å². The quantitative estimate of drug-likeness (QED) is 0.231. The van der Waals surface area contributed by atoms with Crippen molar-refractivity contribution in [2.75, 3.05) is 31.2 Å². The van der Waals surface area contributed by atoms with E-state index in [4.69, 9.17) is 25.8 Å². The highest BCUT2D eigenvalue weighted by Gasteiger charge is 2.38. The summed E-state index contributed by atoms with van der Waals surface area (Å²) in [6.07, 6.45) is 6.25. The highest BCUT2D eigenvalue weighted by atomic mass is 35.5. The molecular formula is C30H30ClFN2O7S. The number of halogens is 2. The van der Waals surface area contributed by atoms with Gasteiger partial charge < -0.3 is 19.3 Å². The van der Waals surface area contributed by atoms with Gasteiger partial charge in [0.15, 0.2) is 0 Å². The smallest absolute Gasteiger partial charge is 0.305 e. The third kappa shape index (κ3) is 6.53. The number of ether oxygens (including phenoxy) is 3. The number of aromatic nitrogens is 1. The Morgan fingerprint density at radius 2 is 2.05 bits per heavy atom. The van der Waals surface area contributed by atoms with Gasteiger partial charge in [0.05, 0.1) is 31.0 Å². The van der Waals surface area contributed by atoms with Crippen molar-refractivity contribution in [1.29, 1.82) is 0 Å². The summed E-state index contributed by atoms with van der Waals surface area (Å²) >= 11 is 6.17. The number of anilines is 1. The Labute approximate surface area is 248 Å². The van der Waals surface area contributed by atoms with Crippen molar-refractivity contribution in [1.82, 2.24) is 4.98 Å². The van der Waals surface area contributed by atoms with E-state index in [-0.39, 0.29) is 65.6 Å². The molecule has 9 nitrogen and oxygen atoms in total. The lowest BCUT2D eigenvalue weighted by molar-refractivity contribution is -0.141. The first-order chi connectivity index (χ1) is 20.2. The molecule has 0 radical (unpaired) electrons. The highest BCUT2D eigenvalue weighted by Crippen LogP contribution is 2.44. The van der Waals surface area contributed by atoms with Crippen LogP contribution >= 0.6 is 11.6 Å². The SMILES string of the molecule is COC(=O)CC[C@H]1CN(S(=O)(=O)c2cc(C3CC3)cnc2OCCO)c2cc(/C=C/c3c(F)cccc3Cl)ccc2O1. The lowest BCUT2D eigenvalue weighted by Crippen LogP contribution is -2.44. The predicted molar refractivity (Wildman–Crippen MR) is 156 cm³/mol. The molecule has 1 N–H and O–H groups in total. The average Bonchev–Trinajstić information content (AvgIpc) is 3.84. The Kier molecular flexibility index (Phi) is 9.00. The van der Waals surface area contributed by atoms with E-state index in [0.29, 0.717) is 11.3 Å². The van der Waals surface area contributed by atoms with Crippen molar-refractivity contribution in [3.63, 3.8) is 0 Å². The lowest BCUT2D eigenvalue weighted by atomic mass is 10.1. The predicted octanol–water partition coefficient (Wildman–Crippen LogP) is 5.20. The molecule has 5 rings (SSSR count). The van der Waals surface area contributed by atoms with E-state index in [1.54, 1.807) is 42.6 Å². The Balaban J connectivity index is 1.56. The van der Waals surface area contributed by atoms with Crippen LogP contribution in [0.4, 0.5) is 10.1 Å². The third-order valence-corrected chi connectivity index (χ3v) is 9.15. The minimum Gasteiger partial charge on any atom is -0.486 e. The first-order valence-electron chi connectivity index (χ1n) is 13.5. The second-order valence-corrected chi connectivity index (χ2v) is 12.2. The lowest BCUT2D eigenvalue weighted by Gasteiger charge is -2.36. The molecule has 0 spiro atoms. The Morgan fingerprint density at radius 3 is 2.76 bits per heavy atom. The van der Waals surface area contributed by atoms with Gasteiger partial charge in [-0.3, -0.25) is 9.10 Å². The average molecular weight is 617 g/mol. The molecule has 1 aliphatic heterocycles. The molecule has 3 aromatic rings. The van der Waals surface area contributed by atoms with Gasteiger partial charge in [-0.05, 0) is 72.7 Å². The van der Waals surface area contributed by atoms with E-state index in [0.717, 1.165) is 18.4 Å². The molecule has 1 fully saturated rings. The molecular weight excluding hydrogens is 587 g/mol. The van der Waals surface area contributed by atoms with Gasteiger partial charge in [-0.25, -0.2) is 17.8 Å². The van der Waals surface area contributed by atoms with Gasteiger partial charge in [-0.15, -0.1) is 0 Å². The zero-order valence-electron chi connectivity index (χ0n) is 22.8. The number of methoxy groups -OCH3 is 1. The molecule has 0 unspecified atom stereocenters. The summed E-state index contributed by atoms with van der Waals surface area (Å²) in [6.45, 7) is -0.539. The summed E-state index contributed by atoms with van der Waals surface area (Å²) in [5.41, 5.74) is 1.83. The maximum atomic E-state index is 14.4. The molecule has 1 atom stereocenters. The Hall–Kier alpha value is -3.67. The molecule has 2 aromatic carbocycles. The van der Waals surface area contributed by atoms with Gasteiger partial charge in [0.25, 0.3) is 10.0 Å². The normalized spacial score (nSPS) is 16.7. The monoisotopic (exact) mass is 616 g/mol. The summed E-state index contributed by atoms with van der Waals surface area (Å²) < 4.78 is 60.7. The molecule has 1 aliphatic carbocycles. The van der Waals surface area contributed by atoms with E-state index in [1.165, 1.54) is 29.6 Å². The van der Waals surface area contributed by atoms with Crippen LogP contribution in [0.2, 0.25) is 5.02 Å². The van der Waals surface area contributed by atoms with E-state index in [1.807, 2.05) is 0 Å². The van der Waals surface area contributed by atoms with Crippen molar-refractivity contribution < 1.29 is 36.9 Å². The summed E-state index contributed by atoms with van der Waals surface area (Å²) in [6, 6.07) is 10.9. The van der Waals surface area contributed by atoms with Crippen LogP contribution in [0, 0.1) is 5.82 Å². The molecule has 12 heteroatoms. The van der Waals surface area contributed by atoms with Crippen LogP contribution in [0.5, 0.6) is 11.6 Å². The molecule has 222 valence electrons. The number of carbonyl (C=O) groups excluding carboxylic acids is 1. The number of benzene rings is 2. The number of hydrogen-bond donors (Lipinski definition) is 1. The molecule has 0 saturated heterocycles. The summed E-state index contributed by atoms with van der Waals surface area (Å²) in [5.74, 6) is -0.518. The van der Waals surface area contributed by atoms with Gasteiger partial charge in [-0.1, -0.05) is 29.8 Å². The maximum absolute atomic E-state index is 14.4. The first kappa shape index (κ1) is 29.8. The standard InChI is InChI=1S/C30H30ClFN2O7S/c1-39-29(36)12-9-22-18-34(42(37,38)28-16-21(20-7-8-20)17-33-30(28)40-14-13-35)26-15-19(6-11-27(26)41-22)5-10-23-24(31)3-2-4-25(23)32/h2-6,10-11,15-17,20,22,35H,7-9,12-14,18H2,1H3/b10-5+/t22-/m0/s1. The zero-order chi connectivity index (χ0) is 29.9. The summed E-state index contributed by atoms with van der Waals surface area (Å²) in [7, 11) is -2.99. The topological polar surface area (TPSA) is 115 Å². The molecule has 42 heavy (non-hydrogen) atoms. The number of sulfonamides is 1. The minimum atomic E-state index is -4.28. The summed E-state index contributed by atoms with van der Waals surface area (Å²) in [5, 5.41) is 9.54. The fourth-order valence-electron chi connectivity index (χ4n) is 4.68. The van der Waals surface area contributed by atoms with Gasteiger partial charge in [0, 0.05) is 18.2 Å². The molecule has 0 amide bonds. The molecule has 2 heterocycles. The van der Waals surface area contributed by atoms with E-state index in [2.05, 4.69) is 4.98 Å². The van der Waals surface area contributed by atoms with Crippen molar-refractivity contribution in [2.45, 2.75) is 42.6 Å². The Morgan fingerprint density at radius 1 is 1.24 bits per heavy atom. The molecule has 0 bridgehead atoms. The van der Waals surface area contributed by atoms with Crippen molar-refractivity contribution in [3.05, 3.63) is 76.2 Å². The molecule has 1 saturated carbocycles. The van der Waals surface area contributed by atoms with Crippen LogP contribution in [0.3, 0.4) is 0 Å². The maximum Gasteiger partial charge on any atom is 0.305 e. The number of aliphatic hydroxyl groups excluding tert-OH is 1. The molecule has 1 aromatic heterocycles. The van der Waals surface area contributed by atoms with Crippen molar-refractivity contribution in [2.24, 2.45) is 0 Å². The van der Waals surface area contributed by atoms with Crippen LogP contribution in [0.15, 0.2) is 53.6 Å². The van der Waals surface area contributed by atoms with Gasteiger partial charge in [0.2, 0.25) is 5.88 Å². The fourth-order valence-corrected chi connectivity index (χ4v) is 6.53. The number of carbonyl (C=O) groups is 1.